The van der Waals surface area contributed by atoms with Crippen molar-refractivity contribution in [2.24, 2.45) is 0 Å². The molecule has 1 amide bonds. The number of hydrogen-bond acceptors (Lipinski definition) is 4. The van der Waals surface area contributed by atoms with E-state index in [9.17, 15) is 13.2 Å². The molecule has 1 aliphatic heterocycles. The van der Waals surface area contributed by atoms with Crippen molar-refractivity contribution < 1.29 is 13.2 Å². The molecule has 1 N–H and O–H groups in total. The van der Waals surface area contributed by atoms with Crippen LogP contribution in [0.15, 0.2) is 77.7 Å². The van der Waals surface area contributed by atoms with Crippen molar-refractivity contribution in [1.29, 1.82) is 0 Å². The van der Waals surface area contributed by atoms with E-state index in [0.29, 0.717) is 5.69 Å². The Hall–Kier alpha value is -3.32. The van der Waals surface area contributed by atoms with Crippen LogP contribution in [0.4, 0.5) is 11.4 Å². The van der Waals surface area contributed by atoms with Gasteiger partial charge in [-0.05, 0) is 93.1 Å². The summed E-state index contributed by atoms with van der Waals surface area (Å²) in [6, 6.07) is 21.8. The summed E-state index contributed by atoms with van der Waals surface area (Å²) in [5.74, 6) is -0.360. The van der Waals surface area contributed by atoms with Gasteiger partial charge in [0.15, 0.2) is 0 Å². The van der Waals surface area contributed by atoms with Crippen LogP contribution >= 0.6 is 0 Å². The highest BCUT2D eigenvalue weighted by Gasteiger charge is 2.28. The van der Waals surface area contributed by atoms with Crippen molar-refractivity contribution in [2.75, 3.05) is 28.8 Å². The first-order chi connectivity index (χ1) is 17.2. The van der Waals surface area contributed by atoms with Crippen molar-refractivity contribution in [3.63, 3.8) is 0 Å². The first-order valence-electron chi connectivity index (χ1n) is 12.5. The summed E-state index contributed by atoms with van der Waals surface area (Å²) in [6.07, 6.45) is 3.73. The topological polar surface area (TPSA) is 69.7 Å². The van der Waals surface area contributed by atoms with Gasteiger partial charge < -0.3 is 10.2 Å². The predicted molar refractivity (Wildman–Crippen MR) is 146 cm³/mol. The van der Waals surface area contributed by atoms with Gasteiger partial charge >= 0.3 is 0 Å². The van der Waals surface area contributed by atoms with Gasteiger partial charge in [-0.15, -0.1) is 0 Å². The number of hydrogen-bond donors (Lipinski definition) is 1. The number of nitrogens with zero attached hydrogens (tertiary/aromatic N) is 2. The Balaban J connectivity index is 1.52. The smallest absolute Gasteiger partial charge is 0.264 e. The van der Waals surface area contributed by atoms with Crippen LogP contribution < -0.4 is 14.5 Å². The Bertz CT molecular complexity index is 1260. The fraction of sp³-hybridized carbons (Fsp3) is 0.345. The molecule has 0 aromatic heterocycles. The molecule has 1 saturated heterocycles. The third-order valence-corrected chi connectivity index (χ3v) is 8.39. The number of sulfonamides is 1. The van der Waals surface area contributed by atoms with Gasteiger partial charge in [0.1, 0.15) is 6.54 Å². The van der Waals surface area contributed by atoms with Crippen LogP contribution in [0.2, 0.25) is 0 Å². The number of aryl methyl sites for hydroxylation is 2. The van der Waals surface area contributed by atoms with Crippen molar-refractivity contribution in [2.45, 2.75) is 51.0 Å². The van der Waals surface area contributed by atoms with Gasteiger partial charge in [-0.1, -0.05) is 36.4 Å². The summed E-state index contributed by atoms with van der Waals surface area (Å²) in [4.78, 5) is 15.7. The van der Waals surface area contributed by atoms with E-state index in [4.69, 9.17) is 0 Å². The first kappa shape index (κ1) is 25.8. The van der Waals surface area contributed by atoms with E-state index in [-0.39, 0.29) is 23.4 Å². The number of benzene rings is 3. The monoisotopic (exact) mass is 505 g/mol. The summed E-state index contributed by atoms with van der Waals surface area (Å²) in [7, 11) is -3.93. The average Bonchev–Trinajstić information content (AvgIpc) is 2.87. The Morgan fingerprint density at radius 1 is 0.917 bits per heavy atom. The van der Waals surface area contributed by atoms with E-state index >= 15 is 0 Å². The SMILES string of the molecule is Cc1cc(C)cc(N(CC(=O)NC(C)c2ccc(N3CCCCC3)cc2)S(=O)(=O)c2ccccc2)c1. The predicted octanol–water partition coefficient (Wildman–Crippen LogP) is 5.37. The summed E-state index contributed by atoms with van der Waals surface area (Å²) >= 11 is 0. The van der Waals surface area contributed by atoms with E-state index in [1.807, 2.05) is 39.0 Å². The lowest BCUT2D eigenvalue weighted by Crippen LogP contribution is -2.41. The molecular formula is C29H35N3O3S. The summed E-state index contributed by atoms with van der Waals surface area (Å²) < 4.78 is 28.3. The van der Waals surface area contributed by atoms with Crippen LogP contribution in [0.1, 0.15) is 48.9 Å². The Labute approximate surface area is 215 Å². The van der Waals surface area contributed by atoms with Gasteiger partial charge in [-0.2, -0.15) is 0 Å². The van der Waals surface area contributed by atoms with Crippen molar-refractivity contribution in [3.05, 3.63) is 89.5 Å². The lowest BCUT2D eigenvalue weighted by Gasteiger charge is -2.29. The highest BCUT2D eigenvalue weighted by Crippen LogP contribution is 2.26. The fourth-order valence-corrected chi connectivity index (χ4v) is 6.18. The normalized spacial score (nSPS) is 14.8. The minimum Gasteiger partial charge on any atom is -0.372 e. The zero-order valence-corrected chi connectivity index (χ0v) is 22.1. The second kappa shape index (κ2) is 11.2. The van der Waals surface area contributed by atoms with E-state index in [1.54, 1.807) is 42.5 Å². The standard InChI is InChI=1S/C29H35N3O3S/c1-22-18-23(2)20-27(19-22)32(36(34,35)28-10-6-4-7-11-28)21-29(33)30-24(3)25-12-14-26(15-13-25)31-16-8-5-9-17-31/h4,6-7,10-15,18-20,24H,5,8-9,16-17,21H2,1-3H3,(H,30,33). The molecule has 3 aromatic rings. The van der Waals surface area contributed by atoms with Gasteiger partial charge in [-0.25, -0.2) is 8.42 Å². The molecule has 1 heterocycles. The molecule has 0 spiro atoms. The van der Waals surface area contributed by atoms with Gasteiger partial charge in [-0.3, -0.25) is 9.10 Å². The lowest BCUT2D eigenvalue weighted by molar-refractivity contribution is -0.120. The molecule has 0 bridgehead atoms. The molecule has 1 atom stereocenters. The van der Waals surface area contributed by atoms with Crippen LogP contribution in [0, 0.1) is 13.8 Å². The van der Waals surface area contributed by atoms with E-state index in [2.05, 4.69) is 22.3 Å². The molecule has 0 radical (unpaired) electrons. The summed E-state index contributed by atoms with van der Waals surface area (Å²) in [5, 5.41) is 2.99. The van der Waals surface area contributed by atoms with Gasteiger partial charge in [0, 0.05) is 18.8 Å². The largest absolute Gasteiger partial charge is 0.372 e. The number of nitrogens with one attached hydrogen (secondary N) is 1. The van der Waals surface area contributed by atoms with Crippen LogP contribution in [-0.4, -0.2) is 34.0 Å². The zero-order valence-electron chi connectivity index (χ0n) is 21.3. The fourth-order valence-electron chi connectivity index (χ4n) is 4.76. The van der Waals surface area contributed by atoms with E-state index < -0.39 is 10.0 Å². The molecule has 190 valence electrons. The highest BCUT2D eigenvalue weighted by atomic mass is 32.2. The van der Waals surface area contributed by atoms with Crippen molar-refractivity contribution >= 4 is 27.3 Å². The highest BCUT2D eigenvalue weighted by molar-refractivity contribution is 7.92. The maximum absolute atomic E-state index is 13.6. The van der Waals surface area contributed by atoms with E-state index in [0.717, 1.165) is 29.8 Å². The molecular weight excluding hydrogens is 470 g/mol. The van der Waals surface area contributed by atoms with Crippen LogP contribution in [-0.2, 0) is 14.8 Å². The number of rotatable bonds is 8. The molecule has 3 aromatic carbocycles. The summed E-state index contributed by atoms with van der Waals surface area (Å²) in [5.41, 5.74) is 4.52. The Morgan fingerprint density at radius 2 is 1.53 bits per heavy atom. The number of amides is 1. The van der Waals surface area contributed by atoms with Crippen LogP contribution in [0.3, 0.4) is 0 Å². The van der Waals surface area contributed by atoms with Gasteiger partial charge in [0.25, 0.3) is 10.0 Å². The van der Waals surface area contributed by atoms with Gasteiger partial charge in [0.2, 0.25) is 5.91 Å². The van der Waals surface area contributed by atoms with Crippen LogP contribution in [0.25, 0.3) is 0 Å². The zero-order chi connectivity index (χ0) is 25.7. The molecule has 0 saturated carbocycles. The second-order valence-electron chi connectivity index (χ2n) is 9.60. The average molecular weight is 506 g/mol. The van der Waals surface area contributed by atoms with E-state index in [1.165, 1.54) is 29.3 Å². The Morgan fingerprint density at radius 3 is 2.14 bits per heavy atom. The van der Waals surface area contributed by atoms with Crippen molar-refractivity contribution in [1.82, 2.24) is 5.32 Å². The second-order valence-corrected chi connectivity index (χ2v) is 11.5. The maximum atomic E-state index is 13.6. The Kier molecular flexibility index (Phi) is 7.99. The first-order valence-corrected chi connectivity index (χ1v) is 14.0. The molecule has 4 rings (SSSR count). The maximum Gasteiger partial charge on any atom is 0.264 e. The van der Waals surface area contributed by atoms with Gasteiger partial charge in [0.05, 0.1) is 16.6 Å². The number of anilines is 2. The molecule has 7 heteroatoms. The summed E-state index contributed by atoms with van der Waals surface area (Å²) in [6.45, 7) is 7.60. The molecule has 0 aliphatic carbocycles. The quantitative estimate of drug-likeness (QED) is 0.447. The number of carbonyl (C=O) groups is 1. The number of piperidine rings is 1. The molecule has 36 heavy (non-hydrogen) atoms. The molecule has 6 nitrogen and oxygen atoms in total. The third kappa shape index (κ3) is 6.08. The minimum absolute atomic E-state index is 0.151. The third-order valence-electron chi connectivity index (χ3n) is 6.60. The van der Waals surface area contributed by atoms with Crippen LogP contribution in [0.5, 0.6) is 0 Å². The van der Waals surface area contributed by atoms with Crippen molar-refractivity contribution in [3.8, 4) is 0 Å². The molecule has 1 unspecified atom stereocenters. The lowest BCUT2D eigenvalue weighted by atomic mass is 10.1. The number of carbonyl (C=O) groups excluding carboxylic acids is 1. The molecule has 1 aliphatic rings. The molecule has 1 fully saturated rings. The minimum atomic E-state index is -3.93.